The number of aromatic nitrogens is 1. The minimum absolute atomic E-state index is 0.0829. The molecule has 1 aromatic heterocycles. The van der Waals surface area contributed by atoms with Crippen LogP contribution < -0.4 is 10.9 Å². The van der Waals surface area contributed by atoms with Crippen molar-refractivity contribution in [2.45, 2.75) is 47.1 Å². The van der Waals surface area contributed by atoms with Crippen LogP contribution in [0.25, 0.3) is 5.70 Å². The van der Waals surface area contributed by atoms with Gasteiger partial charge < -0.3 is 4.98 Å². The SMILES string of the molecule is CC(=O)c1c(C)[nH]c(C2=CSC(=NC(C)(C)C)NN2)c1C. The van der Waals surface area contributed by atoms with Crippen molar-refractivity contribution in [3.05, 3.63) is 27.9 Å². The van der Waals surface area contributed by atoms with Crippen LogP contribution in [-0.4, -0.2) is 21.5 Å². The van der Waals surface area contributed by atoms with E-state index in [1.807, 2.05) is 19.3 Å². The van der Waals surface area contributed by atoms with E-state index >= 15 is 0 Å². The van der Waals surface area contributed by atoms with Crippen molar-refractivity contribution in [2.24, 2.45) is 4.99 Å². The fourth-order valence-electron chi connectivity index (χ4n) is 2.32. The molecule has 2 heterocycles. The Morgan fingerprint density at radius 1 is 1.24 bits per heavy atom. The molecule has 3 N–H and O–H groups in total. The molecule has 0 saturated heterocycles. The molecule has 0 spiro atoms. The first kappa shape index (κ1) is 15.7. The van der Waals surface area contributed by atoms with E-state index in [1.54, 1.807) is 6.92 Å². The summed E-state index contributed by atoms with van der Waals surface area (Å²) in [6.45, 7) is 11.6. The Morgan fingerprint density at radius 2 is 1.90 bits per heavy atom. The summed E-state index contributed by atoms with van der Waals surface area (Å²) in [4.78, 5) is 19.5. The molecule has 0 amide bonds. The van der Waals surface area contributed by atoms with Crippen molar-refractivity contribution in [3.63, 3.8) is 0 Å². The largest absolute Gasteiger partial charge is 0.357 e. The summed E-state index contributed by atoms with van der Waals surface area (Å²) >= 11 is 1.53. The Kier molecular flexibility index (Phi) is 4.18. The van der Waals surface area contributed by atoms with E-state index in [-0.39, 0.29) is 11.3 Å². The summed E-state index contributed by atoms with van der Waals surface area (Å²) in [6.07, 6.45) is 0. The molecule has 21 heavy (non-hydrogen) atoms. The van der Waals surface area contributed by atoms with Crippen molar-refractivity contribution < 1.29 is 4.79 Å². The molecule has 2 rings (SSSR count). The number of hydrogen-bond acceptors (Lipinski definition) is 4. The van der Waals surface area contributed by atoms with Crippen molar-refractivity contribution in [2.75, 3.05) is 0 Å². The minimum atomic E-state index is -0.122. The number of rotatable bonds is 2. The van der Waals surface area contributed by atoms with Gasteiger partial charge in [-0.2, -0.15) is 0 Å². The van der Waals surface area contributed by atoms with Gasteiger partial charge in [-0.25, -0.2) is 0 Å². The highest BCUT2D eigenvalue weighted by atomic mass is 32.2. The number of aromatic amines is 1. The Labute approximate surface area is 129 Å². The van der Waals surface area contributed by atoms with E-state index in [4.69, 9.17) is 0 Å². The fraction of sp³-hybridized carbons (Fsp3) is 0.467. The number of nitrogens with zero attached hydrogens (tertiary/aromatic N) is 1. The second-order valence-corrected chi connectivity index (χ2v) is 7.03. The standard InChI is InChI=1S/C15H22N4OS/c1-8-12(10(3)20)9(2)16-13(8)11-7-21-14(19-18-11)17-15(4,5)6/h7,16,18H,1-6H3,(H,17,19). The van der Waals surface area contributed by atoms with Crippen molar-refractivity contribution in [1.29, 1.82) is 0 Å². The molecule has 5 nitrogen and oxygen atoms in total. The minimum Gasteiger partial charge on any atom is -0.357 e. The summed E-state index contributed by atoms with van der Waals surface area (Å²) in [5.74, 6) is 0.0829. The van der Waals surface area contributed by atoms with Crippen LogP contribution in [0.5, 0.6) is 0 Å². The lowest BCUT2D eigenvalue weighted by Crippen LogP contribution is -2.38. The van der Waals surface area contributed by atoms with Gasteiger partial charge in [-0.1, -0.05) is 11.8 Å². The van der Waals surface area contributed by atoms with Gasteiger partial charge in [0.25, 0.3) is 0 Å². The highest BCUT2D eigenvalue weighted by Gasteiger charge is 2.20. The Balaban J connectivity index is 2.28. The second kappa shape index (κ2) is 5.60. The molecule has 0 aliphatic carbocycles. The molecule has 0 atom stereocenters. The van der Waals surface area contributed by atoms with E-state index in [0.29, 0.717) is 0 Å². The molecular formula is C15H22N4OS. The van der Waals surface area contributed by atoms with E-state index in [0.717, 1.165) is 33.4 Å². The number of amidine groups is 1. The molecule has 6 heteroatoms. The van der Waals surface area contributed by atoms with Crippen LogP contribution >= 0.6 is 11.8 Å². The number of carbonyl (C=O) groups excluding carboxylic acids is 1. The number of aliphatic imine (C=N–C) groups is 1. The molecule has 1 aromatic rings. The van der Waals surface area contributed by atoms with Gasteiger partial charge in [0, 0.05) is 16.7 Å². The lowest BCUT2D eigenvalue weighted by Gasteiger charge is -2.22. The number of nitrogens with one attached hydrogen (secondary N) is 3. The van der Waals surface area contributed by atoms with Crippen molar-refractivity contribution >= 4 is 28.4 Å². The van der Waals surface area contributed by atoms with Gasteiger partial charge in [-0.05, 0) is 47.1 Å². The average Bonchev–Trinajstić information content (AvgIpc) is 2.63. The maximum absolute atomic E-state index is 11.7. The third-order valence-corrected chi connectivity index (χ3v) is 3.86. The number of ketones is 1. The number of aryl methyl sites for hydroxylation is 1. The highest BCUT2D eigenvalue weighted by molar-refractivity contribution is 8.16. The van der Waals surface area contributed by atoms with Gasteiger partial charge in [0.15, 0.2) is 11.0 Å². The molecule has 0 unspecified atom stereocenters. The molecule has 0 bridgehead atoms. The van der Waals surface area contributed by atoms with Crippen LogP contribution in [0.3, 0.4) is 0 Å². The van der Waals surface area contributed by atoms with Gasteiger partial charge in [0.1, 0.15) is 0 Å². The third-order valence-electron chi connectivity index (χ3n) is 3.09. The number of thioether (sulfide) groups is 1. The molecule has 0 fully saturated rings. The second-order valence-electron chi connectivity index (χ2n) is 6.17. The normalized spacial score (nSPS) is 17.2. The van der Waals surface area contributed by atoms with Gasteiger partial charge in [0.2, 0.25) is 0 Å². The summed E-state index contributed by atoms with van der Waals surface area (Å²) in [7, 11) is 0. The highest BCUT2D eigenvalue weighted by Crippen LogP contribution is 2.27. The number of carbonyl (C=O) groups is 1. The number of Topliss-reactive ketones (excluding diaryl/α,β-unsaturated/α-hetero) is 1. The smallest absolute Gasteiger partial charge is 0.180 e. The topological polar surface area (TPSA) is 69.3 Å². The first-order valence-electron chi connectivity index (χ1n) is 6.88. The summed E-state index contributed by atoms with van der Waals surface area (Å²) in [5, 5.41) is 2.84. The monoisotopic (exact) mass is 306 g/mol. The quantitative estimate of drug-likeness (QED) is 0.734. The maximum Gasteiger partial charge on any atom is 0.180 e. The molecule has 0 saturated carbocycles. The van der Waals surface area contributed by atoms with Crippen LogP contribution in [0.1, 0.15) is 55.0 Å². The zero-order valence-electron chi connectivity index (χ0n) is 13.3. The van der Waals surface area contributed by atoms with Crippen LogP contribution in [0, 0.1) is 13.8 Å². The summed E-state index contributed by atoms with van der Waals surface area (Å²) < 4.78 is 0. The van der Waals surface area contributed by atoms with Gasteiger partial charge in [-0.15, -0.1) is 0 Å². The van der Waals surface area contributed by atoms with E-state index in [9.17, 15) is 4.79 Å². The molecular weight excluding hydrogens is 284 g/mol. The lowest BCUT2D eigenvalue weighted by molar-refractivity contribution is 0.101. The lowest BCUT2D eigenvalue weighted by atomic mass is 10.1. The Bertz CT molecular complexity index is 635. The van der Waals surface area contributed by atoms with Crippen LogP contribution in [-0.2, 0) is 0 Å². The molecule has 114 valence electrons. The zero-order chi connectivity index (χ0) is 15.8. The first-order valence-corrected chi connectivity index (χ1v) is 7.76. The molecule has 0 aromatic carbocycles. The Hall–Kier alpha value is -1.69. The van der Waals surface area contributed by atoms with Crippen molar-refractivity contribution in [1.82, 2.24) is 15.8 Å². The van der Waals surface area contributed by atoms with E-state index < -0.39 is 0 Å². The summed E-state index contributed by atoms with van der Waals surface area (Å²) in [5.41, 5.74) is 10.6. The Morgan fingerprint density at radius 3 is 2.33 bits per heavy atom. The van der Waals surface area contributed by atoms with E-state index in [2.05, 4.69) is 41.6 Å². The van der Waals surface area contributed by atoms with Crippen LogP contribution in [0.2, 0.25) is 0 Å². The number of hydrogen-bond donors (Lipinski definition) is 3. The maximum atomic E-state index is 11.7. The zero-order valence-corrected chi connectivity index (χ0v) is 14.2. The van der Waals surface area contributed by atoms with Gasteiger partial charge in [0.05, 0.1) is 16.9 Å². The fourth-order valence-corrected chi connectivity index (χ4v) is 3.17. The van der Waals surface area contributed by atoms with Crippen LogP contribution in [0.4, 0.5) is 0 Å². The number of H-pyrrole nitrogens is 1. The van der Waals surface area contributed by atoms with Crippen molar-refractivity contribution in [3.8, 4) is 0 Å². The van der Waals surface area contributed by atoms with E-state index in [1.165, 1.54) is 11.8 Å². The molecule has 1 aliphatic heterocycles. The molecule has 0 radical (unpaired) electrons. The number of hydrazine groups is 1. The molecule has 1 aliphatic rings. The van der Waals surface area contributed by atoms with Gasteiger partial charge >= 0.3 is 0 Å². The average molecular weight is 306 g/mol. The first-order chi connectivity index (χ1) is 9.69. The third kappa shape index (κ3) is 3.50. The van der Waals surface area contributed by atoms with Crippen LogP contribution in [0.15, 0.2) is 10.4 Å². The predicted molar refractivity (Wildman–Crippen MR) is 89.3 cm³/mol. The van der Waals surface area contributed by atoms with Gasteiger partial charge in [-0.3, -0.25) is 20.6 Å². The summed E-state index contributed by atoms with van der Waals surface area (Å²) in [6, 6.07) is 0. The predicted octanol–water partition coefficient (Wildman–Crippen LogP) is 3.13.